The van der Waals surface area contributed by atoms with Gasteiger partial charge in [0.2, 0.25) is 5.91 Å². The zero-order valence-corrected chi connectivity index (χ0v) is 13.7. The third-order valence-electron chi connectivity index (χ3n) is 5.02. The molecule has 4 heteroatoms. The molecule has 0 unspecified atom stereocenters. The molecule has 2 atom stereocenters. The molecule has 0 aliphatic carbocycles. The van der Waals surface area contributed by atoms with Gasteiger partial charge in [-0.2, -0.15) is 0 Å². The minimum Gasteiger partial charge on any atom is -0.368 e. The topological polar surface area (TPSA) is 35.6 Å². The van der Waals surface area contributed by atoms with Crippen molar-refractivity contribution in [1.29, 1.82) is 0 Å². The summed E-state index contributed by atoms with van der Waals surface area (Å²) in [6, 6.07) is 8.98. The van der Waals surface area contributed by atoms with Crippen molar-refractivity contribution in [3.8, 4) is 0 Å². The maximum atomic E-state index is 12.7. The Morgan fingerprint density at radius 2 is 1.91 bits per heavy atom. The summed E-state index contributed by atoms with van der Waals surface area (Å²) in [5, 5.41) is 3.43. The number of amides is 1. The molecule has 2 heterocycles. The van der Waals surface area contributed by atoms with Crippen LogP contribution in [0.5, 0.6) is 0 Å². The van der Waals surface area contributed by atoms with Crippen LogP contribution >= 0.6 is 0 Å². The van der Waals surface area contributed by atoms with E-state index in [1.807, 2.05) is 0 Å². The molecule has 0 radical (unpaired) electrons. The standard InChI is InChI=1S/C18H27N3O/c1-14-5-3-4-6-17(14)20-9-11-21(12-10-20)18(22)16-7-8-19-15(2)13-16/h3-6,15-16,19H,7-13H2,1-2H3/t15-,16-/m0/s1. The lowest BCUT2D eigenvalue weighted by Crippen LogP contribution is -2.52. The van der Waals surface area contributed by atoms with Gasteiger partial charge in [0.25, 0.3) is 0 Å². The quantitative estimate of drug-likeness (QED) is 0.908. The number of carbonyl (C=O) groups is 1. The number of carbonyl (C=O) groups excluding carboxylic acids is 1. The Kier molecular flexibility index (Phi) is 4.67. The molecule has 0 bridgehead atoms. The lowest BCUT2D eigenvalue weighted by Gasteiger charge is -2.39. The summed E-state index contributed by atoms with van der Waals surface area (Å²) in [4.78, 5) is 17.2. The maximum Gasteiger partial charge on any atom is 0.225 e. The van der Waals surface area contributed by atoms with Crippen LogP contribution in [-0.2, 0) is 4.79 Å². The predicted molar refractivity (Wildman–Crippen MR) is 90.2 cm³/mol. The van der Waals surface area contributed by atoms with E-state index in [2.05, 4.69) is 53.2 Å². The maximum absolute atomic E-state index is 12.7. The van der Waals surface area contributed by atoms with E-state index < -0.39 is 0 Å². The average molecular weight is 301 g/mol. The number of benzene rings is 1. The van der Waals surface area contributed by atoms with Crippen molar-refractivity contribution in [1.82, 2.24) is 10.2 Å². The largest absolute Gasteiger partial charge is 0.368 e. The van der Waals surface area contributed by atoms with Crippen LogP contribution in [0.3, 0.4) is 0 Å². The third kappa shape index (κ3) is 3.27. The highest BCUT2D eigenvalue weighted by Crippen LogP contribution is 2.23. The first-order valence-corrected chi connectivity index (χ1v) is 8.48. The zero-order chi connectivity index (χ0) is 15.5. The van der Waals surface area contributed by atoms with Gasteiger partial charge in [0, 0.05) is 43.8 Å². The van der Waals surface area contributed by atoms with Crippen molar-refractivity contribution in [3.63, 3.8) is 0 Å². The number of piperidine rings is 1. The first kappa shape index (κ1) is 15.3. The van der Waals surface area contributed by atoms with Gasteiger partial charge in [0.1, 0.15) is 0 Å². The summed E-state index contributed by atoms with van der Waals surface area (Å²) in [5.74, 6) is 0.596. The number of nitrogens with zero attached hydrogens (tertiary/aromatic N) is 2. The van der Waals surface area contributed by atoms with E-state index in [1.54, 1.807) is 0 Å². The molecule has 4 nitrogen and oxygen atoms in total. The van der Waals surface area contributed by atoms with Crippen LogP contribution < -0.4 is 10.2 Å². The minimum atomic E-state index is 0.223. The van der Waals surface area contributed by atoms with Gasteiger partial charge in [-0.1, -0.05) is 18.2 Å². The highest BCUT2D eigenvalue weighted by molar-refractivity contribution is 5.79. The smallest absolute Gasteiger partial charge is 0.225 e. The van der Waals surface area contributed by atoms with Gasteiger partial charge in [-0.05, 0) is 44.9 Å². The van der Waals surface area contributed by atoms with Crippen molar-refractivity contribution < 1.29 is 4.79 Å². The monoisotopic (exact) mass is 301 g/mol. The summed E-state index contributed by atoms with van der Waals surface area (Å²) < 4.78 is 0. The first-order valence-electron chi connectivity index (χ1n) is 8.48. The number of hydrogen-bond donors (Lipinski definition) is 1. The van der Waals surface area contributed by atoms with Crippen molar-refractivity contribution in [2.75, 3.05) is 37.6 Å². The molecule has 3 rings (SSSR count). The fourth-order valence-corrected chi connectivity index (χ4v) is 3.70. The summed E-state index contributed by atoms with van der Waals surface area (Å²) in [7, 11) is 0. The molecule has 1 aromatic rings. The number of nitrogens with one attached hydrogen (secondary N) is 1. The van der Waals surface area contributed by atoms with Gasteiger partial charge < -0.3 is 15.1 Å². The molecule has 0 spiro atoms. The van der Waals surface area contributed by atoms with Crippen LogP contribution in [0.1, 0.15) is 25.3 Å². The number of rotatable bonds is 2. The summed E-state index contributed by atoms with van der Waals surface area (Å²) in [6.07, 6.45) is 1.97. The van der Waals surface area contributed by atoms with E-state index in [9.17, 15) is 4.79 Å². The van der Waals surface area contributed by atoms with Crippen LogP contribution in [0.15, 0.2) is 24.3 Å². The third-order valence-corrected chi connectivity index (χ3v) is 5.02. The highest BCUT2D eigenvalue weighted by Gasteiger charge is 2.30. The molecular formula is C18H27N3O. The van der Waals surface area contributed by atoms with Crippen molar-refractivity contribution >= 4 is 11.6 Å². The minimum absolute atomic E-state index is 0.223. The SMILES string of the molecule is Cc1ccccc1N1CCN(C(=O)[C@H]2CCN[C@@H](C)C2)CC1. The van der Waals surface area contributed by atoms with E-state index in [0.717, 1.165) is 45.6 Å². The van der Waals surface area contributed by atoms with E-state index >= 15 is 0 Å². The molecule has 1 amide bonds. The fraction of sp³-hybridized carbons (Fsp3) is 0.611. The molecule has 2 fully saturated rings. The average Bonchev–Trinajstić information content (AvgIpc) is 2.55. The molecule has 2 aliphatic heterocycles. The molecule has 0 aromatic heterocycles. The fourth-order valence-electron chi connectivity index (χ4n) is 3.70. The second-order valence-electron chi connectivity index (χ2n) is 6.68. The van der Waals surface area contributed by atoms with Gasteiger partial charge in [0.05, 0.1) is 0 Å². The van der Waals surface area contributed by atoms with Crippen LogP contribution in [0, 0.1) is 12.8 Å². The molecule has 2 saturated heterocycles. The zero-order valence-electron chi connectivity index (χ0n) is 13.7. The Morgan fingerprint density at radius 3 is 2.59 bits per heavy atom. The van der Waals surface area contributed by atoms with Gasteiger partial charge >= 0.3 is 0 Å². The van der Waals surface area contributed by atoms with Gasteiger partial charge in [0.15, 0.2) is 0 Å². The van der Waals surface area contributed by atoms with Crippen LogP contribution in [0.25, 0.3) is 0 Å². The number of anilines is 1. The Morgan fingerprint density at radius 1 is 1.18 bits per heavy atom. The van der Waals surface area contributed by atoms with Gasteiger partial charge in [-0.15, -0.1) is 0 Å². The number of aryl methyl sites for hydroxylation is 1. The van der Waals surface area contributed by atoms with Gasteiger partial charge in [-0.3, -0.25) is 4.79 Å². The van der Waals surface area contributed by atoms with E-state index in [0.29, 0.717) is 11.9 Å². The lowest BCUT2D eigenvalue weighted by molar-refractivity contribution is -0.137. The number of para-hydroxylation sites is 1. The molecule has 2 aliphatic rings. The van der Waals surface area contributed by atoms with E-state index in [4.69, 9.17) is 0 Å². The molecule has 0 saturated carbocycles. The second-order valence-corrected chi connectivity index (χ2v) is 6.68. The molecule has 1 N–H and O–H groups in total. The van der Waals surface area contributed by atoms with Crippen molar-refractivity contribution in [3.05, 3.63) is 29.8 Å². The summed E-state index contributed by atoms with van der Waals surface area (Å²) >= 11 is 0. The molecular weight excluding hydrogens is 274 g/mol. The highest BCUT2D eigenvalue weighted by atomic mass is 16.2. The number of hydrogen-bond acceptors (Lipinski definition) is 3. The number of piperazine rings is 1. The van der Waals surface area contributed by atoms with E-state index in [-0.39, 0.29) is 5.92 Å². The van der Waals surface area contributed by atoms with Crippen molar-refractivity contribution in [2.45, 2.75) is 32.7 Å². The van der Waals surface area contributed by atoms with Gasteiger partial charge in [-0.25, -0.2) is 0 Å². The van der Waals surface area contributed by atoms with Crippen LogP contribution in [0.4, 0.5) is 5.69 Å². The van der Waals surface area contributed by atoms with Crippen molar-refractivity contribution in [2.24, 2.45) is 5.92 Å². The van der Waals surface area contributed by atoms with Crippen LogP contribution in [0.2, 0.25) is 0 Å². The molecule has 120 valence electrons. The predicted octanol–water partition coefficient (Wildman–Crippen LogP) is 2.03. The lowest BCUT2D eigenvalue weighted by atomic mass is 9.92. The second kappa shape index (κ2) is 6.69. The molecule has 1 aromatic carbocycles. The molecule has 22 heavy (non-hydrogen) atoms. The first-order chi connectivity index (χ1) is 10.6. The Balaban J connectivity index is 1.57. The Bertz CT molecular complexity index is 523. The Labute approximate surface area is 133 Å². The summed E-state index contributed by atoms with van der Waals surface area (Å²) in [6.45, 7) is 8.89. The summed E-state index contributed by atoms with van der Waals surface area (Å²) in [5.41, 5.74) is 2.62. The normalized spacial score (nSPS) is 26.1. The Hall–Kier alpha value is -1.55. The van der Waals surface area contributed by atoms with Crippen LogP contribution in [-0.4, -0.2) is 49.6 Å². The van der Waals surface area contributed by atoms with E-state index in [1.165, 1.54) is 11.3 Å².